The number of hydrogen-bond acceptors (Lipinski definition) is 8. The number of ether oxygens (including phenoxy) is 2. The molecule has 2 N–H and O–H groups in total. The summed E-state index contributed by atoms with van der Waals surface area (Å²) in [5.74, 6) is 0.487. The molecule has 1 aliphatic carbocycles. The summed E-state index contributed by atoms with van der Waals surface area (Å²) in [6.07, 6.45) is 4.48. The summed E-state index contributed by atoms with van der Waals surface area (Å²) in [4.78, 5) is 28.5. The van der Waals surface area contributed by atoms with Crippen LogP contribution in [-0.4, -0.2) is 63.9 Å². The van der Waals surface area contributed by atoms with Gasteiger partial charge in [-0.05, 0) is 68.1 Å². The van der Waals surface area contributed by atoms with Crippen LogP contribution in [0.2, 0.25) is 35.7 Å². The summed E-state index contributed by atoms with van der Waals surface area (Å²) in [5.41, 5.74) is 3.59. The first-order chi connectivity index (χ1) is 22.1. The molecule has 5 rings (SSSR count). The number of benzene rings is 2. The van der Waals surface area contributed by atoms with E-state index in [1.54, 1.807) is 24.3 Å². The van der Waals surface area contributed by atoms with Crippen LogP contribution in [0.1, 0.15) is 42.9 Å². The number of rotatable bonds is 13. The van der Waals surface area contributed by atoms with E-state index in [2.05, 4.69) is 35.0 Å². The molecule has 46 heavy (non-hydrogen) atoms. The topological polar surface area (TPSA) is 121 Å². The lowest BCUT2D eigenvalue weighted by Gasteiger charge is -2.33. The number of nitrogens with one attached hydrogen (secondary N) is 2. The smallest absolute Gasteiger partial charge is 0.330 e. The van der Waals surface area contributed by atoms with Gasteiger partial charge in [-0.2, -0.15) is 0 Å². The SMILES string of the molecule is C[Si](C)(C)CCOCNC(=O)N(C(=O)C=N)c1ccc(N2CCC(OCc3c(-c4c(Cl)cccc4Cl)noc3C3CC3)CC2)cc1. The molecule has 2 fully saturated rings. The molecular formula is C33H41Cl2N5O5Si. The number of anilines is 2. The Bertz CT molecular complexity index is 1510. The number of piperidine rings is 1. The number of carbonyl (C=O) groups is 2. The van der Waals surface area contributed by atoms with Crippen molar-refractivity contribution >= 4 is 60.8 Å². The Labute approximate surface area is 280 Å². The van der Waals surface area contributed by atoms with Crippen molar-refractivity contribution in [3.05, 3.63) is 63.8 Å². The van der Waals surface area contributed by atoms with Gasteiger partial charge in [0.05, 0.1) is 34.7 Å². The highest BCUT2D eigenvalue weighted by Crippen LogP contribution is 2.46. The quantitative estimate of drug-likeness (QED) is 0.0818. The predicted molar refractivity (Wildman–Crippen MR) is 184 cm³/mol. The fourth-order valence-corrected chi connectivity index (χ4v) is 6.73. The lowest BCUT2D eigenvalue weighted by atomic mass is 10.0. The minimum Gasteiger partial charge on any atom is -0.373 e. The zero-order valence-corrected chi connectivity index (χ0v) is 29.0. The highest BCUT2D eigenvalue weighted by Gasteiger charge is 2.34. The highest BCUT2D eigenvalue weighted by atomic mass is 35.5. The molecule has 3 aromatic rings. The average molecular weight is 687 g/mol. The van der Waals surface area contributed by atoms with Gasteiger partial charge < -0.3 is 29.6 Å². The first kappa shape index (κ1) is 34.1. The minimum atomic E-state index is -1.25. The van der Waals surface area contributed by atoms with E-state index in [-0.39, 0.29) is 12.8 Å². The third kappa shape index (κ3) is 8.57. The van der Waals surface area contributed by atoms with Crippen LogP contribution in [0.25, 0.3) is 11.3 Å². The lowest BCUT2D eigenvalue weighted by Crippen LogP contribution is -2.45. The number of aromatic nitrogens is 1. The number of urea groups is 1. The second-order valence-electron chi connectivity index (χ2n) is 12.9. The van der Waals surface area contributed by atoms with E-state index >= 15 is 0 Å². The molecule has 1 saturated carbocycles. The number of imide groups is 1. The average Bonchev–Trinajstić information content (AvgIpc) is 3.79. The van der Waals surface area contributed by atoms with Crippen molar-refractivity contribution in [1.82, 2.24) is 10.5 Å². The molecule has 0 spiro atoms. The van der Waals surface area contributed by atoms with Gasteiger partial charge in [-0.3, -0.25) is 4.79 Å². The number of halogens is 2. The molecule has 3 amide bonds. The van der Waals surface area contributed by atoms with Crippen LogP contribution in [0.3, 0.4) is 0 Å². The number of amides is 3. The van der Waals surface area contributed by atoms with Crippen molar-refractivity contribution in [2.45, 2.75) is 70.0 Å². The molecule has 1 saturated heterocycles. The predicted octanol–water partition coefficient (Wildman–Crippen LogP) is 7.72. The fourth-order valence-electron chi connectivity index (χ4n) is 5.39. The van der Waals surface area contributed by atoms with E-state index in [0.717, 1.165) is 66.7 Å². The van der Waals surface area contributed by atoms with Gasteiger partial charge in [0.25, 0.3) is 5.91 Å². The van der Waals surface area contributed by atoms with Crippen LogP contribution in [0.15, 0.2) is 47.0 Å². The summed E-state index contributed by atoms with van der Waals surface area (Å²) >= 11 is 13.0. The van der Waals surface area contributed by atoms with E-state index in [9.17, 15) is 9.59 Å². The molecule has 1 aliphatic heterocycles. The molecule has 13 heteroatoms. The van der Waals surface area contributed by atoms with E-state index in [1.807, 2.05) is 18.2 Å². The van der Waals surface area contributed by atoms with Crippen LogP contribution >= 0.6 is 23.2 Å². The molecule has 2 heterocycles. The maximum atomic E-state index is 12.8. The van der Waals surface area contributed by atoms with E-state index in [1.165, 1.54) is 0 Å². The summed E-state index contributed by atoms with van der Waals surface area (Å²) < 4.78 is 17.8. The third-order valence-electron chi connectivity index (χ3n) is 8.21. The maximum absolute atomic E-state index is 12.8. The molecule has 246 valence electrons. The van der Waals surface area contributed by atoms with Crippen LogP contribution < -0.4 is 15.1 Å². The van der Waals surface area contributed by atoms with Crippen LogP contribution in [0, 0.1) is 5.41 Å². The van der Waals surface area contributed by atoms with Crippen LogP contribution in [0.4, 0.5) is 16.2 Å². The highest BCUT2D eigenvalue weighted by molar-refractivity contribution is 6.76. The normalized spacial score (nSPS) is 15.5. The first-order valence-corrected chi connectivity index (χ1v) is 20.1. The minimum absolute atomic E-state index is 0.00570. The molecular weight excluding hydrogens is 645 g/mol. The molecule has 2 aromatic carbocycles. The van der Waals surface area contributed by atoms with Crippen molar-refractivity contribution < 1.29 is 23.6 Å². The van der Waals surface area contributed by atoms with Gasteiger partial charge in [-0.15, -0.1) is 0 Å². The fraction of sp³-hybridized carbons (Fsp3) is 0.455. The first-order valence-electron chi connectivity index (χ1n) is 15.7. The van der Waals surface area contributed by atoms with E-state index in [4.69, 9.17) is 42.6 Å². The second kappa shape index (κ2) is 15.1. The Balaban J connectivity index is 1.16. The maximum Gasteiger partial charge on any atom is 0.330 e. The van der Waals surface area contributed by atoms with E-state index in [0.29, 0.717) is 52.3 Å². The monoisotopic (exact) mass is 685 g/mol. The van der Waals surface area contributed by atoms with Crippen molar-refractivity contribution in [3.63, 3.8) is 0 Å². The molecule has 1 aromatic heterocycles. The van der Waals surface area contributed by atoms with Gasteiger partial charge >= 0.3 is 6.03 Å². The van der Waals surface area contributed by atoms with Crippen molar-refractivity contribution in [2.24, 2.45) is 0 Å². The van der Waals surface area contributed by atoms with Gasteiger partial charge in [0.2, 0.25) is 0 Å². The number of hydrogen-bond donors (Lipinski definition) is 2. The number of nitrogens with zero attached hydrogens (tertiary/aromatic N) is 3. The van der Waals surface area contributed by atoms with Crippen LogP contribution in [0.5, 0.6) is 0 Å². The summed E-state index contributed by atoms with van der Waals surface area (Å²) in [7, 11) is -1.25. The van der Waals surface area contributed by atoms with Gasteiger partial charge in [-0.25, -0.2) is 9.69 Å². The molecule has 0 radical (unpaired) electrons. The summed E-state index contributed by atoms with van der Waals surface area (Å²) in [5, 5.41) is 15.5. The van der Waals surface area contributed by atoms with Gasteiger partial charge in [0, 0.05) is 50.5 Å². The largest absolute Gasteiger partial charge is 0.373 e. The van der Waals surface area contributed by atoms with Gasteiger partial charge in [-0.1, -0.05) is 54.1 Å². The Morgan fingerprint density at radius 2 is 1.76 bits per heavy atom. The molecule has 0 unspecified atom stereocenters. The van der Waals surface area contributed by atoms with E-state index < -0.39 is 20.0 Å². The molecule has 0 atom stereocenters. The molecule has 2 aliphatic rings. The third-order valence-corrected chi connectivity index (χ3v) is 10.5. The van der Waals surface area contributed by atoms with Crippen molar-refractivity contribution in [1.29, 1.82) is 5.41 Å². The Morgan fingerprint density at radius 3 is 2.37 bits per heavy atom. The zero-order chi connectivity index (χ0) is 32.8. The Kier molecular flexibility index (Phi) is 11.2. The second-order valence-corrected chi connectivity index (χ2v) is 19.4. The van der Waals surface area contributed by atoms with Crippen LogP contribution in [-0.2, 0) is 20.9 Å². The van der Waals surface area contributed by atoms with Gasteiger partial charge in [0.1, 0.15) is 18.2 Å². The van der Waals surface area contributed by atoms with Gasteiger partial charge in [0.15, 0.2) is 0 Å². The Morgan fingerprint density at radius 1 is 1.09 bits per heavy atom. The molecule has 10 nitrogen and oxygen atoms in total. The lowest BCUT2D eigenvalue weighted by molar-refractivity contribution is -0.111. The summed E-state index contributed by atoms with van der Waals surface area (Å²) in [6, 6.07) is 13.0. The summed E-state index contributed by atoms with van der Waals surface area (Å²) in [6.45, 7) is 9.22. The number of carbonyl (C=O) groups excluding carboxylic acids is 2. The zero-order valence-electron chi connectivity index (χ0n) is 26.5. The standard InChI is InChI=1S/C33H41Cl2N5O5Si/c1-46(2,3)18-17-43-21-37-33(42)40(29(41)19-36)24-11-9-23(10-12-24)39-15-13-25(14-16-39)44-20-26-31(38-45-32(26)22-7-8-22)30-27(34)5-4-6-28(30)35/h4-6,9-12,19,22,25,36H,7-8,13-18,20-21H2,1-3H3,(H,37,42). The Hall–Kier alpha value is -3.22. The van der Waals surface area contributed by atoms with Crippen molar-refractivity contribution in [2.75, 3.05) is 36.2 Å². The molecule has 0 bridgehead atoms. The van der Waals surface area contributed by atoms with Crippen molar-refractivity contribution in [3.8, 4) is 11.3 Å².